The number of nitrogens with zero attached hydrogens (tertiary/aromatic N) is 4. The van der Waals surface area contributed by atoms with E-state index in [1.807, 2.05) is 13.2 Å². The van der Waals surface area contributed by atoms with Gasteiger partial charge in [-0.25, -0.2) is 4.79 Å². The lowest BCUT2D eigenvalue weighted by atomic mass is 10.2. The van der Waals surface area contributed by atoms with Crippen LogP contribution in [0, 0.1) is 0 Å². The Kier molecular flexibility index (Phi) is 2.82. The van der Waals surface area contributed by atoms with Crippen molar-refractivity contribution in [2.75, 3.05) is 5.73 Å². The summed E-state index contributed by atoms with van der Waals surface area (Å²) in [6.07, 6.45) is 5.93. The molecule has 7 heteroatoms. The quantitative estimate of drug-likeness (QED) is 0.785. The third-order valence-electron chi connectivity index (χ3n) is 2.38. The molecule has 0 unspecified atom stereocenters. The summed E-state index contributed by atoms with van der Waals surface area (Å²) < 4.78 is 3.25. The van der Waals surface area contributed by atoms with Crippen molar-refractivity contribution in [2.24, 2.45) is 7.05 Å². The zero-order chi connectivity index (χ0) is 12.4. The van der Waals surface area contributed by atoms with Gasteiger partial charge in [0.1, 0.15) is 0 Å². The van der Waals surface area contributed by atoms with E-state index in [1.165, 1.54) is 10.9 Å². The van der Waals surface area contributed by atoms with Crippen molar-refractivity contribution >= 4 is 11.7 Å². The summed E-state index contributed by atoms with van der Waals surface area (Å²) in [6, 6.07) is 0. The minimum absolute atomic E-state index is 0.101. The first kappa shape index (κ1) is 11.2. The van der Waals surface area contributed by atoms with Gasteiger partial charge in [-0.2, -0.15) is 10.2 Å². The van der Waals surface area contributed by atoms with E-state index in [1.54, 1.807) is 10.9 Å². The molecule has 0 bridgehead atoms. The molecule has 2 aromatic rings. The van der Waals surface area contributed by atoms with Crippen LogP contribution in [0.4, 0.5) is 5.69 Å². The van der Waals surface area contributed by atoms with Gasteiger partial charge < -0.3 is 10.8 Å². The van der Waals surface area contributed by atoms with Crippen LogP contribution in [-0.4, -0.2) is 30.6 Å². The first-order valence-corrected chi connectivity index (χ1v) is 5.10. The van der Waals surface area contributed by atoms with Crippen LogP contribution < -0.4 is 5.73 Å². The van der Waals surface area contributed by atoms with Crippen molar-refractivity contribution in [3.05, 3.63) is 29.8 Å². The third kappa shape index (κ3) is 2.44. The van der Waals surface area contributed by atoms with E-state index in [-0.39, 0.29) is 11.4 Å². The van der Waals surface area contributed by atoms with Gasteiger partial charge in [0.2, 0.25) is 0 Å². The summed E-state index contributed by atoms with van der Waals surface area (Å²) in [5, 5.41) is 16.7. The summed E-state index contributed by atoms with van der Waals surface area (Å²) >= 11 is 0. The number of hydrogen-bond donors (Lipinski definition) is 2. The van der Waals surface area contributed by atoms with Gasteiger partial charge in [0, 0.05) is 26.0 Å². The molecule has 0 spiro atoms. The number of aromatic nitrogens is 4. The summed E-state index contributed by atoms with van der Waals surface area (Å²) in [7, 11) is 1.85. The van der Waals surface area contributed by atoms with Crippen LogP contribution in [0.15, 0.2) is 18.6 Å². The average Bonchev–Trinajstić information content (AvgIpc) is 2.82. The maximum atomic E-state index is 10.7. The Morgan fingerprint density at radius 2 is 2.29 bits per heavy atom. The number of nitrogen functional groups attached to an aromatic ring is 1. The first-order chi connectivity index (χ1) is 8.06. The number of hydrogen-bond acceptors (Lipinski definition) is 4. The molecule has 0 radical (unpaired) electrons. The Hall–Kier alpha value is -2.31. The Labute approximate surface area is 97.5 Å². The standard InChI is InChI=1S/C10H13N5O2/c1-14-5-7(4-12-14)2-3-15-6-8(11)9(13-15)10(16)17/h4-6H,2-3,11H2,1H3,(H,16,17). The SMILES string of the molecule is Cn1cc(CCn2cc(N)c(C(=O)O)n2)cn1. The minimum Gasteiger partial charge on any atom is -0.476 e. The van der Waals surface area contributed by atoms with E-state index < -0.39 is 5.97 Å². The van der Waals surface area contributed by atoms with Crippen LogP contribution in [0.1, 0.15) is 16.1 Å². The van der Waals surface area contributed by atoms with E-state index >= 15 is 0 Å². The number of rotatable bonds is 4. The molecule has 17 heavy (non-hydrogen) atoms. The zero-order valence-electron chi connectivity index (χ0n) is 9.37. The maximum Gasteiger partial charge on any atom is 0.358 e. The highest BCUT2D eigenvalue weighted by Crippen LogP contribution is 2.09. The number of aryl methyl sites for hydroxylation is 3. The smallest absolute Gasteiger partial charge is 0.358 e. The lowest BCUT2D eigenvalue weighted by molar-refractivity contribution is 0.0690. The molecular weight excluding hydrogens is 222 g/mol. The predicted octanol–water partition coefficient (Wildman–Crippen LogP) is 0.140. The molecule has 0 atom stereocenters. The normalized spacial score (nSPS) is 10.6. The lowest BCUT2D eigenvalue weighted by Crippen LogP contribution is -2.05. The summed E-state index contributed by atoms with van der Waals surface area (Å²) in [5.74, 6) is -1.11. The number of anilines is 1. The topological polar surface area (TPSA) is 99.0 Å². The maximum absolute atomic E-state index is 10.7. The highest BCUT2D eigenvalue weighted by Gasteiger charge is 2.12. The van der Waals surface area contributed by atoms with Gasteiger partial charge in [-0.1, -0.05) is 0 Å². The molecule has 0 aliphatic heterocycles. The van der Waals surface area contributed by atoms with Gasteiger partial charge in [-0.15, -0.1) is 0 Å². The average molecular weight is 235 g/mol. The molecule has 0 fully saturated rings. The summed E-state index contributed by atoms with van der Waals surface area (Å²) in [6.45, 7) is 0.573. The third-order valence-corrected chi connectivity index (χ3v) is 2.38. The zero-order valence-corrected chi connectivity index (χ0v) is 9.37. The van der Waals surface area contributed by atoms with Crippen LogP contribution >= 0.6 is 0 Å². The molecule has 7 nitrogen and oxygen atoms in total. The molecule has 3 N–H and O–H groups in total. The van der Waals surface area contributed by atoms with E-state index in [2.05, 4.69) is 10.2 Å². The van der Waals surface area contributed by atoms with Gasteiger partial charge in [0.15, 0.2) is 5.69 Å². The second kappa shape index (κ2) is 4.28. The number of carboxylic acid groups (broad SMARTS) is 1. The lowest BCUT2D eigenvalue weighted by Gasteiger charge is -1.98. The van der Waals surface area contributed by atoms with E-state index in [0.29, 0.717) is 6.54 Å². The van der Waals surface area contributed by atoms with Crippen molar-refractivity contribution in [3.8, 4) is 0 Å². The molecule has 2 heterocycles. The summed E-state index contributed by atoms with van der Waals surface area (Å²) in [5.41, 5.74) is 6.69. The van der Waals surface area contributed by atoms with Crippen molar-refractivity contribution in [3.63, 3.8) is 0 Å². The molecule has 0 aliphatic carbocycles. The molecular formula is C10H13N5O2. The second-order valence-corrected chi connectivity index (χ2v) is 3.77. The monoisotopic (exact) mass is 235 g/mol. The van der Waals surface area contributed by atoms with E-state index in [4.69, 9.17) is 10.8 Å². The van der Waals surface area contributed by atoms with E-state index in [0.717, 1.165) is 12.0 Å². The Bertz CT molecular complexity index is 543. The van der Waals surface area contributed by atoms with Crippen LogP contribution in [0.25, 0.3) is 0 Å². The Balaban J connectivity index is 2.04. The van der Waals surface area contributed by atoms with Crippen molar-refractivity contribution < 1.29 is 9.90 Å². The largest absolute Gasteiger partial charge is 0.476 e. The van der Waals surface area contributed by atoms with Gasteiger partial charge in [-0.3, -0.25) is 9.36 Å². The number of carbonyl (C=O) groups is 1. The molecule has 2 aromatic heterocycles. The fourth-order valence-electron chi connectivity index (χ4n) is 1.56. The van der Waals surface area contributed by atoms with Crippen LogP contribution in [-0.2, 0) is 20.0 Å². The van der Waals surface area contributed by atoms with Crippen molar-refractivity contribution in [1.82, 2.24) is 19.6 Å². The summed E-state index contributed by atoms with van der Waals surface area (Å²) in [4.78, 5) is 10.7. The molecule has 0 aliphatic rings. The van der Waals surface area contributed by atoms with Gasteiger partial charge in [-0.05, 0) is 12.0 Å². The van der Waals surface area contributed by atoms with Crippen LogP contribution in [0.2, 0.25) is 0 Å². The van der Waals surface area contributed by atoms with Gasteiger partial charge in [0.25, 0.3) is 0 Å². The number of aromatic carboxylic acids is 1. The molecule has 0 aromatic carbocycles. The number of carboxylic acids is 1. The highest BCUT2D eigenvalue weighted by molar-refractivity contribution is 5.91. The van der Waals surface area contributed by atoms with Gasteiger partial charge in [0.05, 0.1) is 11.9 Å². The van der Waals surface area contributed by atoms with Crippen molar-refractivity contribution in [1.29, 1.82) is 0 Å². The Morgan fingerprint density at radius 1 is 1.53 bits per heavy atom. The minimum atomic E-state index is -1.11. The van der Waals surface area contributed by atoms with Crippen molar-refractivity contribution in [2.45, 2.75) is 13.0 Å². The van der Waals surface area contributed by atoms with Crippen LogP contribution in [0.3, 0.4) is 0 Å². The molecule has 90 valence electrons. The van der Waals surface area contributed by atoms with E-state index in [9.17, 15) is 4.79 Å². The fourth-order valence-corrected chi connectivity index (χ4v) is 1.56. The first-order valence-electron chi connectivity index (χ1n) is 5.10. The molecule has 0 saturated carbocycles. The molecule has 0 saturated heterocycles. The Morgan fingerprint density at radius 3 is 2.82 bits per heavy atom. The van der Waals surface area contributed by atoms with Crippen LogP contribution in [0.5, 0.6) is 0 Å². The highest BCUT2D eigenvalue weighted by atomic mass is 16.4. The molecule has 2 rings (SSSR count). The van der Waals surface area contributed by atoms with Gasteiger partial charge >= 0.3 is 5.97 Å². The molecule has 0 amide bonds. The fraction of sp³-hybridized carbons (Fsp3) is 0.300. The predicted molar refractivity (Wildman–Crippen MR) is 60.5 cm³/mol. The second-order valence-electron chi connectivity index (χ2n) is 3.77. The number of nitrogens with two attached hydrogens (primary N) is 1.